The molecule has 0 radical (unpaired) electrons. The molecule has 0 bridgehead atoms. The third-order valence-corrected chi connectivity index (χ3v) is 5.43. The molecular weight excluding hydrogens is 469 g/mol. The molecule has 184 valence electrons. The molecule has 3 aromatic rings. The number of methoxy groups -OCH3 is 1. The van der Waals surface area contributed by atoms with E-state index in [4.69, 9.17) is 9.47 Å². The fourth-order valence-corrected chi connectivity index (χ4v) is 3.65. The minimum atomic E-state index is -1.32. The van der Waals surface area contributed by atoms with Crippen LogP contribution in [0.15, 0.2) is 78.9 Å². The second-order valence-corrected chi connectivity index (χ2v) is 7.80. The summed E-state index contributed by atoms with van der Waals surface area (Å²) in [6.07, 6.45) is -0.377. The molecule has 1 N–H and O–H groups in total. The minimum absolute atomic E-state index is 0.153. The molecule has 0 spiro atoms. The van der Waals surface area contributed by atoms with Gasteiger partial charge >= 0.3 is 0 Å². The van der Waals surface area contributed by atoms with Gasteiger partial charge in [0, 0.05) is 5.56 Å². The molecule has 0 aliphatic carbocycles. The van der Waals surface area contributed by atoms with Gasteiger partial charge in [0.1, 0.15) is 23.4 Å². The van der Waals surface area contributed by atoms with Gasteiger partial charge in [0.25, 0.3) is 17.7 Å². The molecule has 4 amide bonds. The van der Waals surface area contributed by atoms with Gasteiger partial charge in [-0.15, -0.1) is 0 Å². The van der Waals surface area contributed by atoms with E-state index in [1.165, 1.54) is 31.4 Å². The summed E-state index contributed by atoms with van der Waals surface area (Å²) in [4.78, 5) is 52.9. The maximum absolute atomic E-state index is 13.4. The maximum Gasteiger partial charge on any atom is 0.276 e. The molecule has 10 heteroatoms. The topological polar surface area (TPSA) is 105 Å². The maximum atomic E-state index is 13.4. The molecule has 1 heterocycles. The summed E-state index contributed by atoms with van der Waals surface area (Å²) in [5.41, 5.74) is 2.73. The van der Waals surface area contributed by atoms with Crippen LogP contribution in [0.5, 0.6) is 11.5 Å². The van der Waals surface area contributed by atoms with Gasteiger partial charge in [0.2, 0.25) is 5.91 Å². The molecule has 9 nitrogen and oxygen atoms in total. The van der Waals surface area contributed by atoms with Crippen LogP contribution >= 0.6 is 0 Å². The van der Waals surface area contributed by atoms with E-state index in [0.29, 0.717) is 11.5 Å². The first kappa shape index (κ1) is 24.4. The van der Waals surface area contributed by atoms with E-state index in [0.717, 1.165) is 22.0 Å². The number of hydrogen-bond acceptors (Lipinski definition) is 6. The van der Waals surface area contributed by atoms with Crippen LogP contribution in [0, 0.1) is 5.82 Å². The third-order valence-electron chi connectivity index (χ3n) is 5.43. The molecule has 1 atom stereocenters. The van der Waals surface area contributed by atoms with E-state index in [1.54, 1.807) is 42.5 Å². The van der Waals surface area contributed by atoms with Crippen LogP contribution in [0.25, 0.3) is 0 Å². The van der Waals surface area contributed by atoms with Gasteiger partial charge in [-0.25, -0.2) is 14.3 Å². The molecule has 0 aromatic heterocycles. The van der Waals surface area contributed by atoms with Crippen molar-refractivity contribution >= 4 is 29.3 Å². The van der Waals surface area contributed by atoms with Gasteiger partial charge in [-0.2, -0.15) is 0 Å². The average molecular weight is 491 g/mol. The van der Waals surface area contributed by atoms with Crippen molar-refractivity contribution < 1.29 is 33.0 Å². The number of halogens is 1. The van der Waals surface area contributed by atoms with Gasteiger partial charge < -0.3 is 9.47 Å². The van der Waals surface area contributed by atoms with Crippen molar-refractivity contribution in [3.05, 3.63) is 90.2 Å². The Morgan fingerprint density at radius 3 is 2.28 bits per heavy atom. The average Bonchev–Trinajstić information content (AvgIpc) is 3.20. The van der Waals surface area contributed by atoms with Gasteiger partial charge in [0.15, 0.2) is 6.61 Å². The summed E-state index contributed by atoms with van der Waals surface area (Å²) in [6.45, 7) is -0.438. The number of ether oxygens (including phenoxy) is 2. The van der Waals surface area contributed by atoms with Crippen molar-refractivity contribution in [2.24, 2.45) is 0 Å². The summed E-state index contributed by atoms with van der Waals surface area (Å²) < 4.78 is 23.9. The van der Waals surface area contributed by atoms with E-state index < -0.39 is 42.1 Å². The lowest BCUT2D eigenvalue weighted by Gasteiger charge is -2.28. The van der Waals surface area contributed by atoms with Gasteiger partial charge in [0.05, 0.1) is 19.2 Å². The lowest BCUT2D eigenvalue weighted by molar-refractivity contribution is -0.130. The van der Waals surface area contributed by atoms with Crippen LogP contribution < -0.4 is 19.8 Å². The monoisotopic (exact) mass is 491 g/mol. The molecule has 1 aliphatic heterocycles. The Labute approximate surface area is 206 Å². The second kappa shape index (κ2) is 10.7. The number of nitrogens with zero attached hydrogens (tertiary/aromatic N) is 2. The summed E-state index contributed by atoms with van der Waals surface area (Å²) in [5, 5.41) is 0.836. The highest BCUT2D eigenvalue weighted by Gasteiger charge is 2.45. The zero-order chi connectivity index (χ0) is 25.7. The largest absolute Gasteiger partial charge is 0.497 e. The third kappa shape index (κ3) is 5.33. The van der Waals surface area contributed by atoms with Crippen LogP contribution in [-0.4, -0.2) is 48.4 Å². The predicted molar refractivity (Wildman–Crippen MR) is 127 cm³/mol. The van der Waals surface area contributed by atoms with E-state index in [9.17, 15) is 23.6 Å². The van der Waals surface area contributed by atoms with Crippen molar-refractivity contribution in [3.8, 4) is 11.5 Å². The fraction of sp³-hybridized carbons (Fsp3) is 0.154. The fourth-order valence-electron chi connectivity index (χ4n) is 3.65. The Morgan fingerprint density at radius 2 is 1.64 bits per heavy atom. The summed E-state index contributed by atoms with van der Waals surface area (Å²) >= 11 is 0. The van der Waals surface area contributed by atoms with Gasteiger partial charge in [-0.3, -0.25) is 24.6 Å². The number of carbonyl (C=O) groups is 4. The number of hydrogen-bond donors (Lipinski definition) is 1. The summed E-state index contributed by atoms with van der Waals surface area (Å²) in [6, 6.07) is 18.1. The number of rotatable bonds is 7. The summed E-state index contributed by atoms with van der Waals surface area (Å²) in [7, 11) is 1.48. The number of hydrazine groups is 1. The van der Waals surface area contributed by atoms with Crippen LogP contribution in [0.3, 0.4) is 0 Å². The Morgan fingerprint density at radius 1 is 0.972 bits per heavy atom. The number of benzene rings is 3. The van der Waals surface area contributed by atoms with Gasteiger partial charge in [-0.05, 0) is 60.7 Å². The van der Waals surface area contributed by atoms with Crippen molar-refractivity contribution in [1.29, 1.82) is 0 Å². The van der Waals surface area contributed by atoms with E-state index in [1.807, 2.05) is 0 Å². The first-order valence-electron chi connectivity index (χ1n) is 10.9. The number of carbonyl (C=O) groups excluding carboxylic acids is 4. The molecule has 36 heavy (non-hydrogen) atoms. The predicted octanol–water partition coefficient (Wildman–Crippen LogP) is 2.72. The first-order chi connectivity index (χ1) is 17.4. The molecule has 1 saturated heterocycles. The van der Waals surface area contributed by atoms with Gasteiger partial charge in [-0.1, -0.05) is 18.2 Å². The first-order valence-corrected chi connectivity index (χ1v) is 10.9. The highest BCUT2D eigenvalue weighted by molar-refractivity contribution is 6.23. The highest BCUT2D eigenvalue weighted by Crippen LogP contribution is 2.26. The van der Waals surface area contributed by atoms with Crippen LogP contribution in [0.2, 0.25) is 0 Å². The van der Waals surface area contributed by atoms with Crippen LogP contribution in [-0.2, 0) is 14.4 Å². The molecule has 3 aromatic carbocycles. The van der Waals surface area contributed by atoms with Crippen molar-refractivity contribution in [3.63, 3.8) is 0 Å². The van der Waals surface area contributed by atoms with E-state index in [-0.39, 0.29) is 17.7 Å². The molecule has 1 fully saturated rings. The van der Waals surface area contributed by atoms with Crippen LogP contribution in [0.4, 0.5) is 10.1 Å². The smallest absolute Gasteiger partial charge is 0.276 e. The molecule has 0 saturated carbocycles. The Kier molecular flexibility index (Phi) is 7.24. The second-order valence-electron chi connectivity index (χ2n) is 7.80. The Hall–Kier alpha value is -4.73. The SMILES string of the molecule is COc1ccc(C(=O)N(NC(=O)COc2ccccc2)C2CC(=O)N(c3ccc(F)cc3)C2=O)cc1. The summed E-state index contributed by atoms with van der Waals surface area (Å²) in [5.74, 6) is -2.34. The number of nitrogens with one attached hydrogen (secondary N) is 1. The quantitative estimate of drug-likeness (QED) is 0.403. The molecule has 1 aliphatic rings. The highest BCUT2D eigenvalue weighted by atomic mass is 19.1. The Balaban J connectivity index is 1.58. The zero-order valence-corrected chi connectivity index (χ0v) is 19.2. The lowest BCUT2D eigenvalue weighted by Crippen LogP contribution is -2.55. The van der Waals surface area contributed by atoms with E-state index in [2.05, 4.69) is 5.43 Å². The minimum Gasteiger partial charge on any atom is -0.497 e. The molecule has 4 rings (SSSR count). The van der Waals surface area contributed by atoms with E-state index >= 15 is 0 Å². The number of imide groups is 1. The molecular formula is C26H22FN3O6. The number of amides is 4. The van der Waals surface area contributed by atoms with Crippen molar-refractivity contribution in [2.75, 3.05) is 18.6 Å². The van der Waals surface area contributed by atoms with Crippen LogP contribution in [0.1, 0.15) is 16.8 Å². The number of para-hydroxylation sites is 1. The molecule has 1 unspecified atom stereocenters. The number of anilines is 1. The lowest BCUT2D eigenvalue weighted by atomic mass is 10.1. The van der Waals surface area contributed by atoms with Crippen molar-refractivity contribution in [2.45, 2.75) is 12.5 Å². The Bertz CT molecular complexity index is 1270. The normalized spacial score (nSPS) is 14.9. The zero-order valence-electron chi connectivity index (χ0n) is 19.2. The standard InChI is InChI=1S/C26H22FN3O6/c1-35-20-13-7-17(8-14-20)25(33)30(28-23(31)16-36-21-5-3-2-4-6-21)22-15-24(32)29(26(22)34)19-11-9-18(27)10-12-19/h2-14,22H,15-16H2,1H3,(H,28,31). The van der Waals surface area contributed by atoms with Crippen molar-refractivity contribution in [1.82, 2.24) is 10.4 Å².